The molecular weight excluding hydrogens is 446 g/mol. The van der Waals surface area contributed by atoms with Crippen LogP contribution in [-0.4, -0.2) is 32.8 Å². The van der Waals surface area contributed by atoms with Crippen LogP contribution >= 0.6 is 11.6 Å². The summed E-state index contributed by atoms with van der Waals surface area (Å²) in [5.74, 6) is 2.40. The van der Waals surface area contributed by atoms with E-state index in [1.54, 1.807) is 21.3 Å². The van der Waals surface area contributed by atoms with Crippen LogP contribution in [0, 0.1) is 0 Å². The Labute approximate surface area is 205 Å². The number of methoxy groups -OCH3 is 3. The number of benzene rings is 4. The highest BCUT2D eigenvalue weighted by molar-refractivity contribution is 6.30. The van der Waals surface area contributed by atoms with Gasteiger partial charge in [0.2, 0.25) is 0 Å². The zero-order valence-electron chi connectivity index (χ0n) is 19.7. The quantitative estimate of drug-likeness (QED) is 0.313. The molecule has 4 nitrogen and oxygen atoms in total. The molecule has 0 aliphatic carbocycles. The molecule has 0 aromatic heterocycles. The Hall–Kier alpha value is -3.21. The van der Waals surface area contributed by atoms with Gasteiger partial charge in [-0.15, -0.1) is 0 Å². The van der Waals surface area contributed by atoms with Crippen molar-refractivity contribution < 1.29 is 14.2 Å². The Morgan fingerprint density at radius 1 is 0.794 bits per heavy atom. The van der Waals surface area contributed by atoms with Crippen molar-refractivity contribution in [3.05, 3.63) is 100 Å². The lowest BCUT2D eigenvalue weighted by Crippen LogP contribution is -2.35. The van der Waals surface area contributed by atoms with Gasteiger partial charge in [-0.05, 0) is 64.4 Å². The molecule has 4 aromatic rings. The van der Waals surface area contributed by atoms with Crippen molar-refractivity contribution in [2.24, 2.45) is 0 Å². The summed E-state index contributed by atoms with van der Waals surface area (Å²) in [6, 6.07) is 25.1. The first-order valence-corrected chi connectivity index (χ1v) is 11.8. The van der Waals surface area contributed by atoms with E-state index in [0.29, 0.717) is 0 Å². The number of fused-ring (bicyclic) bond motifs is 2. The van der Waals surface area contributed by atoms with Gasteiger partial charge in [-0.25, -0.2) is 0 Å². The molecule has 1 heterocycles. The maximum Gasteiger partial charge on any atom is 0.161 e. The first kappa shape index (κ1) is 22.6. The van der Waals surface area contributed by atoms with Crippen molar-refractivity contribution in [1.82, 2.24) is 4.90 Å². The summed E-state index contributed by atoms with van der Waals surface area (Å²) >= 11 is 6.44. The fourth-order valence-electron chi connectivity index (χ4n) is 5.10. The molecule has 5 rings (SSSR count). The Morgan fingerprint density at radius 2 is 1.53 bits per heavy atom. The number of hydrogen-bond donors (Lipinski definition) is 0. The number of nitrogens with zero attached hydrogens (tertiary/aromatic N) is 1. The van der Waals surface area contributed by atoms with Gasteiger partial charge in [-0.3, -0.25) is 4.90 Å². The molecule has 5 heteroatoms. The van der Waals surface area contributed by atoms with E-state index in [0.717, 1.165) is 47.2 Å². The first-order chi connectivity index (χ1) is 16.6. The van der Waals surface area contributed by atoms with Gasteiger partial charge in [0.05, 0.1) is 27.4 Å². The average molecular weight is 474 g/mol. The molecular formula is C29H28ClNO3. The minimum Gasteiger partial charge on any atom is -0.496 e. The highest BCUT2D eigenvalue weighted by Crippen LogP contribution is 2.42. The van der Waals surface area contributed by atoms with E-state index in [-0.39, 0.29) is 6.04 Å². The zero-order chi connectivity index (χ0) is 23.7. The lowest BCUT2D eigenvalue weighted by molar-refractivity contribution is 0.204. The largest absolute Gasteiger partial charge is 0.496 e. The lowest BCUT2D eigenvalue weighted by Gasteiger charge is -2.38. The second-order valence-electron chi connectivity index (χ2n) is 8.56. The fraction of sp³-hybridized carbons (Fsp3) is 0.241. The molecule has 1 aliphatic rings. The molecule has 0 N–H and O–H groups in total. The predicted octanol–water partition coefficient (Wildman–Crippen LogP) is 6.67. The molecule has 0 radical (unpaired) electrons. The molecule has 0 amide bonds. The summed E-state index contributed by atoms with van der Waals surface area (Å²) in [5, 5.41) is 3.08. The van der Waals surface area contributed by atoms with Gasteiger partial charge < -0.3 is 14.2 Å². The van der Waals surface area contributed by atoms with E-state index < -0.39 is 0 Å². The Morgan fingerprint density at radius 3 is 2.26 bits per heavy atom. The van der Waals surface area contributed by atoms with E-state index in [2.05, 4.69) is 65.6 Å². The van der Waals surface area contributed by atoms with Gasteiger partial charge in [0.15, 0.2) is 11.5 Å². The summed E-state index contributed by atoms with van der Waals surface area (Å²) in [6.45, 7) is 1.72. The Balaban J connectivity index is 1.62. The van der Waals surface area contributed by atoms with Crippen LogP contribution in [0.2, 0.25) is 5.02 Å². The number of rotatable bonds is 6. The Bertz CT molecular complexity index is 1340. The Kier molecular flexibility index (Phi) is 6.36. The highest BCUT2D eigenvalue weighted by Gasteiger charge is 2.31. The molecule has 0 saturated carbocycles. The van der Waals surface area contributed by atoms with E-state index >= 15 is 0 Å². The third-order valence-corrected chi connectivity index (χ3v) is 6.94. The molecule has 1 unspecified atom stereocenters. The topological polar surface area (TPSA) is 30.9 Å². The number of halogens is 1. The lowest BCUT2D eigenvalue weighted by atomic mass is 9.87. The van der Waals surface area contributed by atoms with Crippen molar-refractivity contribution in [1.29, 1.82) is 0 Å². The van der Waals surface area contributed by atoms with Gasteiger partial charge in [0.1, 0.15) is 5.75 Å². The van der Waals surface area contributed by atoms with Crippen LogP contribution in [0.5, 0.6) is 17.2 Å². The fourth-order valence-corrected chi connectivity index (χ4v) is 5.30. The third-order valence-electron chi connectivity index (χ3n) is 6.71. The van der Waals surface area contributed by atoms with Crippen molar-refractivity contribution >= 4 is 22.4 Å². The molecule has 1 aliphatic heterocycles. The van der Waals surface area contributed by atoms with Gasteiger partial charge >= 0.3 is 0 Å². The monoisotopic (exact) mass is 473 g/mol. The van der Waals surface area contributed by atoms with E-state index in [9.17, 15) is 0 Å². The maximum absolute atomic E-state index is 6.44. The van der Waals surface area contributed by atoms with E-state index in [1.807, 2.05) is 12.1 Å². The minimum absolute atomic E-state index is 0.0446. The van der Waals surface area contributed by atoms with Gasteiger partial charge in [-0.1, -0.05) is 54.1 Å². The van der Waals surface area contributed by atoms with Gasteiger partial charge in [-0.2, -0.15) is 0 Å². The van der Waals surface area contributed by atoms with Crippen LogP contribution < -0.4 is 14.2 Å². The molecule has 0 saturated heterocycles. The van der Waals surface area contributed by atoms with Crippen LogP contribution in [0.25, 0.3) is 10.8 Å². The maximum atomic E-state index is 6.44. The molecule has 0 spiro atoms. The van der Waals surface area contributed by atoms with Crippen molar-refractivity contribution in [3.8, 4) is 17.2 Å². The number of ether oxygens (including phenoxy) is 3. The predicted molar refractivity (Wildman–Crippen MR) is 137 cm³/mol. The van der Waals surface area contributed by atoms with Gasteiger partial charge in [0.25, 0.3) is 0 Å². The molecule has 4 aromatic carbocycles. The molecule has 174 valence electrons. The molecule has 0 fully saturated rings. The van der Waals surface area contributed by atoms with E-state index in [1.165, 1.54) is 27.6 Å². The van der Waals surface area contributed by atoms with Gasteiger partial charge in [0, 0.05) is 23.5 Å². The van der Waals surface area contributed by atoms with Crippen molar-refractivity contribution in [2.75, 3.05) is 27.9 Å². The summed E-state index contributed by atoms with van der Waals surface area (Å²) in [7, 11) is 5.09. The van der Waals surface area contributed by atoms with Crippen LogP contribution in [-0.2, 0) is 13.0 Å². The summed E-state index contributed by atoms with van der Waals surface area (Å²) in [5.41, 5.74) is 4.94. The molecule has 1 atom stereocenters. The standard InChI is InChI=1S/C29H28ClNO3/c1-32-26-12-11-21(23-9-4-5-10-24(23)26)18-31-14-13-19-16-27(33-2)28(34-3)17-25(19)29(31)20-7-6-8-22(30)15-20/h4-12,15-17,29H,13-14,18H2,1-3H3. The molecule has 34 heavy (non-hydrogen) atoms. The minimum atomic E-state index is 0.0446. The first-order valence-electron chi connectivity index (χ1n) is 11.4. The van der Waals surface area contributed by atoms with Crippen molar-refractivity contribution in [3.63, 3.8) is 0 Å². The van der Waals surface area contributed by atoms with Crippen LogP contribution in [0.1, 0.15) is 28.3 Å². The second-order valence-corrected chi connectivity index (χ2v) is 8.99. The summed E-state index contributed by atoms with van der Waals surface area (Å²) < 4.78 is 16.9. The van der Waals surface area contributed by atoms with E-state index in [4.69, 9.17) is 25.8 Å². The van der Waals surface area contributed by atoms with Crippen LogP contribution in [0.3, 0.4) is 0 Å². The number of hydrogen-bond acceptors (Lipinski definition) is 4. The normalized spacial score (nSPS) is 15.7. The van der Waals surface area contributed by atoms with Crippen LogP contribution in [0.15, 0.2) is 72.8 Å². The smallest absolute Gasteiger partial charge is 0.161 e. The summed E-state index contributed by atoms with van der Waals surface area (Å²) in [4.78, 5) is 2.52. The molecule has 0 bridgehead atoms. The third kappa shape index (κ3) is 4.08. The summed E-state index contributed by atoms with van der Waals surface area (Å²) in [6.07, 6.45) is 0.931. The zero-order valence-corrected chi connectivity index (χ0v) is 20.4. The van der Waals surface area contributed by atoms with Crippen molar-refractivity contribution in [2.45, 2.75) is 19.0 Å². The highest BCUT2D eigenvalue weighted by atomic mass is 35.5. The second kappa shape index (κ2) is 9.57. The average Bonchev–Trinajstić information content (AvgIpc) is 2.87. The van der Waals surface area contributed by atoms with Crippen LogP contribution in [0.4, 0.5) is 0 Å². The SMILES string of the molecule is COc1cc2c(cc1OC)C(c1cccc(Cl)c1)N(Cc1ccc(OC)c3ccccc13)CC2.